The van der Waals surface area contributed by atoms with Crippen molar-refractivity contribution in [3.63, 3.8) is 0 Å². The van der Waals surface area contributed by atoms with Crippen molar-refractivity contribution in [3.05, 3.63) is 66.6 Å². The number of pyridine rings is 1. The number of para-hydroxylation sites is 1. The Morgan fingerprint density at radius 1 is 0.923 bits per heavy atom. The normalized spacial score (nSPS) is 12.8. The SMILES string of the molecule is Nc1ncnc2ccc(-c3cccnc3-c3cccc4c3OCC4)cc12. The zero-order valence-corrected chi connectivity index (χ0v) is 14.0. The number of fused-ring (bicyclic) bond motifs is 2. The third-order valence-electron chi connectivity index (χ3n) is 4.75. The summed E-state index contributed by atoms with van der Waals surface area (Å²) in [6.07, 6.45) is 4.23. The van der Waals surface area contributed by atoms with E-state index in [1.54, 1.807) is 0 Å². The van der Waals surface area contributed by atoms with Gasteiger partial charge in [0.25, 0.3) is 0 Å². The maximum absolute atomic E-state index is 6.04. The molecule has 0 saturated carbocycles. The molecule has 0 spiro atoms. The van der Waals surface area contributed by atoms with Crippen LogP contribution in [0.15, 0.2) is 61.1 Å². The molecule has 3 heterocycles. The smallest absolute Gasteiger partial charge is 0.134 e. The highest BCUT2D eigenvalue weighted by atomic mass is 16.5. The van der Waals surface area contributed by atoms with Crippen LogP contribution in [0, 0.1) is 0 Å². The predicted molar refractivity (Wildman–Crippen MR) is 102 cm³/mol. The molecule has 0 unspecified atom stereocenters. The molecule has 0 amide bonds. The highest BCUT2D eigenvalue weighted by molar-refractivity contribution is 5.94. The maximum atomic E-state index is 6.04. The Morgan fingerprint density at radius 3 is 2.81 bits per heavy atom. The fourth-order valence-corrected chi connectivity index (χ4v) is 3.50. The number of hydrogen-bond acceptors (Lipinski definition) is 5. The molecule has 0 fully saturated rings. The summed E-state index contributed by atoms with van der Waals surface area (Å²) in [7, 11) is 0. The average molecular weight is 340 g/mol. The van der Waals surface area contributed by atoms with Crippen molar-refractivity contribution in [3.8, 4) is 28.1 Å². The van der Waals surface area contributed by atoms with E-state index < -0.39 is 0 Å². The Hall–Kier alpha value is -3.47. The first kappa shape index (κ1) is 14.8. The Morgan fingerprint density at radius 2 is 1.85 bits per heavy atom. The number of nitrogens with two attached hydrogens (primary N) is 1. The van der Waals surface area contributed by atoms with Gasteiger partial charge in [-0.05, 0) is 35.4 Å². The highest BCUT2D eigenvalue weighted by Crippen LogP contribution is 2.40. The van der Waals surface area contributed by atoms with Gasteiger partial charge >= 0.3 is 0 Å². The first-order valence-corrected chi connectivity index (χ1v) is 8.52. The van der Waals surface area contributed by atoms with Crippen LogP contribution in [0.5, 0.6) is 5.75 Å². The van der Waals surface area contributed by atoms with Crippen LogP contribution in [0.4, 0.5) is 5.82 Å². The van der Waals surface area contributed by atoms with Crippen LogP contribution in [0.2, 0.25) is 0 Å². The topological polar surface area (TPSA) is 73.9 Å². The minimum atomic E-state index is 0.478. The van der Waals surface area contributed by atoms with Crippen molar-refractivity contribution in [2.24, 2.45) is 0 Å². The van der Waals surface area contributed by atoms with Crippen LogP contribution in [0.1, 0.15) is 5.56 Å². The van der Waals surface area contributed by atoms with Crippen LogP contribution in [0.25, 0.3) is 33.3 Å². The van der Waals surface area contributed by atoms with Crippen molar-refractivity contribution in [2.75, 3.05) is 12.3 Å². The maximum Gasteiger partial charge on any atom is 0.134 e. The quantitative estimate of drug-likeness (QED) is 0.599. The van der Waals surface area contributed by atoms with E-state index >= 15 is 0 Å². The summed E-state index contributed by atoms with van der Waals surface area (Å²) >= 11 is 0. The van der Waals surface area contributed by atoms with Crippen LogP contribution in [-0.2, 0) is 6.42 Å². The molecule has 126 valence electrons. The molecular formula is C21H16N4O. The molecule has 4 aromatic rings. The monoisotopic (exact) mass is 340 g/mol. The Labute approximate surface area is 150 Å². The van der Waals surface area contributed by atoms with Crippen LogP contribution in [0.3, 0.4) is 0 Å². The van der Waals surface area contributed by atoms with Crippen molar-refractivity contribution in [1.82, 2.24) is 15.0 Å². The van der Waals surface area contributed by atoms with Crippen LogP contribution >= 0.6 is 0 Å². The first-order valence-electron chi connectivity index (χ1n) is 8.52. The van der Waals surface area contributed by atoms with Gasteiger partial charge in [0.05, 0.1) is 17.8 Å². The summed E-state index contributed by atoms with van der Waals surface area (Å²) in [5, 5.41) is 0.842. The van der Waals surface area contributed by atoms with E-state index in [1.807, 2.05) is 30.5 Å². The summed E-state index contributed by atoms with van der Waals surface area (Å²) < 4.78 is 5.88. The van der Waals surface area contributed by atoms with Gasteiger partial charge in [-0.1, -0.05) is 24.3 Å². The second kappa shape index (κ2) is 5.81. The molecule has 0 bridgehead atoms. The van der Waals surface area contributed by atoms with Gasteiger partial charge in [-0.3, -0.25) is 4.98 Å². The van der Waals surface area contributed by atoms with E-state index in [-0.39, 0.29) is 0 Å². The number of hydrogen-bond donors (Lipinski definition) is 1. The third kappa shape index (κ3) is 2.29. The van der Waals surface area contributed by atoms with Gasteiger partial charge in [-0.2, -0.15) is 0 Å². The molecule has 2 aromatic carbocycles. The van der Waals surface area contributed by atoms with E-state index in [9.17, 15) is 0 Å². The van der Waals surface area contributed by atoms with E-state index in [2.05, 4.69) is 39.2 Å². The summed E-state index contributed by atoms with van der Waals surface area (Å²) in [5.74, 6) is 1.42. The minimum Gasteiger partial charge on any atom is -0.492 e. The average Bonchev–Trinajstić information content (AvgIpc) is 3.17. The number of ether oxygens (including phenoxy) is 1. The summed E-state index contributed by atoms with van der Waals surface area (Å²) in [6, 6.07) is 16.3. The molecule has 0 saturated heterocycles. The molecule has 5 nitrogen and oxygen atoms in total. The van der Waals surface area contributed by atoms with Gasteiger partial charge in [0.15, 0.2) is 0 Å². The van der Waals surface area contributed by atoms with Gasteiger partial charge in [0.2, 0.25) is 0 Å². The number of nitrogen functional groups attached to an aromatic ring is 1. The molecule has 0 radical (unpaired) electrons. The van der Waals surface area contributed by atoms with Gasteiger partial charge in [-0.15, -0.1) is 0 Å². The van der Waals surface area contributed by atoms with Crippen LogP contribution in [-0.4, -0.2) is 21.6 Å². The van der Waals surface area contributed by atoms with E-state index in [4.69, 9.17) is 10.5 Å². The molecule has 5 rings (SSSR count). The number of benzene rings is 2. The van der Waals surface area contributed by atoms with Gasteiger partial charge in [0, 0.05) is 29.1 Å². The Kier molecular flexibility index (Phi) is 3.31. The fourth-order valence-electron chi connectivity index (χ4n) is 3.50. The van der Waals surface area contributed by atoms with E-state index in [0.717, 1.165) is 52.1 Å². The van der Waals surface area contributed by atoms with Gasteiger partial charge in [0.1, 0.15) is 17.9 Å². The lowest BCUT2D eigenvalue weighted by Crippen LogP contribution is -1.95. The van der Waals surface area contributed by atoms with Crippen molar-refractivity contribution < 1.29 is 4.74 Å². The van der Waals surface area contributed by atoms with Crippen molar-refractivity contribution in [2.45, 2.75) is 6.42 Å². The minimum absolute atomic E-state index is 0.478. The Bertz CT molecular complexity index is 1140. The zero-order chi connectivity index (χ0) is 17.5. The molecule has 0 aliphatic carbocycles. The molecule has 26 heavy (non-hydrogen) atoms. The second-order valence-corrected chi connectivity index (χ2v) is 6.28. The van der Waals surface area contributed by atoms with Gasteiger partial charge < -0.3 is 10.5 Å². The fraction of sp³-hybridized carbons (Fsp3) is 0.0952. The standard InChI is InChI=1S/C21H16N4O/c22-21-17-11-14(6-7-18(17)24-12-25-21)15-5-2-9-23-19(15)16-4-1-3-13-8-10-26-20(13)16/h1-7,9,11-12H,8,10H2,(H2,22,24,25). The van der Waals surface area contributed by atoms with E-state index in [0.29, 0.717) is 5.82 Å². The number of rotatable bonds is 2. The lowest BCUT2D eigenvalue weighted by Gasteiger charge is -2.13. The number of aromatic nitrogens is 3. The first-order chi connectivity index (χ1) is 12.8. The zero-order valence-electron chi connectivity index (χ0n) is 14.0. The molecular weight excluding hydrogens is 324 g/mol. The lowest BCUT2D eigenvalue weighted by molar-refractivity contribution is 0.358. The summed E-state index contributed by atoms with van der Waals surface area (Å²) in [4.78, 5) is 13.0. The van der Waals surface area contributed by atoms with Gasteiger partial charge in [-0.25, -0.2) is 9.97 Å². The third-order valence-corrected chi connectivity index (χ3v) is 4.75. The summed E-state index contributed by atoms with van der Waals surface area (Å²) in [6.45, 7) is 0.721. The second-order valence-electron chi connectivity index (χ2n) is 6.28. The van der Waals surface area contributed by atoms with Crippen molar-refractivity contribution in [1.29, 1.82) is 0 Å². The number of anilines is 1. The van der Waals surface area contributed by atoms with Crippen molar-refractivity contribution >= 4 is 16.7 Å². The number of nitrogens with zero attached hydrogens (tertiary/aromatic N) is 3. The predicted octanol–water partition coefficient (Wildman–Crippen LogP) is 3.88. The summed E-state index contributed by atoms with van der Waals surface area (Å²) in [5.41, 5.74) is 12.1. The largest absolute Gasteiger partial charge is 0.492 e. The molecule has 1 aliphatic heterocycles. The highest BCUT2D eigenvalue weighted by Gasteiger charge is 2.20. The molecule has 5 heteroatoms. The Balaban J connectivity index is 1.73. The molecule has 2 N–H and O–H groups in total. The molecule has 1 aliphatic rings. The molecule has 0 atom stereocenters. The van der Waals surface area contributed by atoms with E-state index in [1.165, 1.54) is 11.9 Å². The van der Waals surface area contributed by atoms with Crippen LogP contribution < -0.4 is 10.5 Å². The molecule has 2 aromatic heterocycles. The lowest BCUT2D eigenvalue weighted by atomic mass is 9.96.